The van der Waals surface area contributed by atoms with Crippen LogP contribution in [-0.2, 0) is 4.74 Å². The van der Waals surface area contributed by atoms with Gasteiger partial charge >= 0.3 is 53.6 Å². The molecule has 0 saturated heterocycles. The van der Waals surface area contributed by atoms with Crippen LogP contribution in [0, 0.1) is 0 Å². The van der Waals surface area contributed by atoms with Gasteiger partial charge < -0.3 is 4.74 Å². The van der Waals surface area contributed by atoms with Gasteiger partial charge in [0.15, 0.2) is 0 Å². The highest BCUT2D eigenvalue weighted by molar-refractivity contribution is 5.23. The van der Waals surface area contributed by atoms with E-state index in [1.54, 1.807) is 0 Å². The summed E-state index contributed by atoms with van der Waals surface area (Å²) in [6.07, 6.45) is -28.0. The zero-order valence-corrected chi connectivity index (χ0v) is 14.5. The predicted octanol–water partition coefficient (Wildman–Crippen LogP) is 6.67. The molecule has 0 aromatic carbocycles. The van der Waals surface area contributed by atoms with E-state index in [-0.39, 0.29) is 0 Å². The molecule has 1 unspecified atom stereocenters. The molecule has 0 rings (SSSR count). The Morgan fingerprint density at radius 3 is 0.969 bits per heavy atom. The third kappa shape index (κ3) is 3.82. The normalized spacial score (nSPS) is 18.0. The Kier molecular flexibility index (Phi) is 7.51. The van der Waals surface area contributed by atoms with Crippen molar-refractivity contribution in [1.82, 2.24) is 0 Å². The summed E-state index contributed by atoms with van der Waals surface area (Å²) in [6, 6.07) is 0. The SMILES string of the molecule is COCCC(F)(F)C(F)(F)C(F)(C(F)(F)F)C(F)(F)C(F)(F)C(F)(C(F)(F)F)C(F)(F)F. The van der Waals surface area contributed by atoms with Crippen LogP contribution in [0.15, 0.2) is 0 Å². The summed E-state index contributed by atoms with van der Waals surface area (Å²) in [6.45, 7) is -1.82. The largest absolute Gasteiger partial charge is 0.438 e. The van der Waals surface area contributed by atoms with Crippen molar-refractivity contribution < 1.29 is 88.2 Å². The van der Waals surface area contributed by atoms with Gasteiger partial charge in [-0.05, 0) is 0 Å². The molecular weight excluding hydrogens is 521 g/mol. The first-order valence-corrected chi connectivity index (χ1v) is 7.14. The van der Waals surface area contributed by atoms with Gasteiger partial charge in [0.1, 0.15) is 0 Å². The number of hydrogen-bond acceptors (Lipinski definition) is 1. The lowest BCUT2D eigenvalue weighted by Gasteiger charge is -2.47. The Morgan fingerprint density at radius 2 is 0.719 bits per heavy atom. The van der Waals surface area contributed by atoms with Gasteiger partial charge in [-0.2, -0.15) is 74.6 Å². The molecule has 0 aliphatic carbocycles. The van der Waals surface area contributed by atoms with Crippen LogP contribution in [0.5, 0.6) is 0 Å². The van der Waals surface area contributed by atoms with Crippen molar-refractivity contribution in [1.29, 1.82) is 0 Å². The molecule has 0 saturated carbocycles. The molecule has 32 heavy (non-hydrogen) atoms. The van der Waals surface area contributed by atoms with E-state index in [1.807, 2.05) is 0 Å². The van der Waals surface area contributed by atoms with Gasteiger partial charge in [-0.25, -0.2) is 8.78 Å². The third-order valence-corrected chi connectivity index (χ3v) is 3.94. The van der Waals surface area contributed by atoms with Crippen LogP contribution >= 0.6 is 0 Å². The van der Waals surface area contributed by atoms with E-state index in [9.17, 15) is 83.4 Å². The van der Waals surface area contributed by atoms with Crippen molar-refractivity contribution in [2.24, 2.45) is 0 Å². The first-order chi connectivity index (χ1) is 13.6. The Hall–Kier alpha value is -1.37. The maximum atomic E-state index is 14.1. The Morgan fingerprint density at radius 1 is 0.438 bits per heavy atom. The van der Waals surface area contributed by atoms with Gasteiger partial charge in [0.2, 0.25) is 0 Å². The van der Waals surface area contributed by atoms with Gasteiger partial charge in [-0.1, -0.05) is 0 Å². The number of methoxy groups -OCH3 is 1. The van der Waals surface area contributed by atoms with Crippen LogP contribution < -0.4 is 0 Å². The summed E-state index contributed by atoms with van der Waals surface area (Å²) in [5.41, 5.74) is -17.7. The van der Waals surface area contributed by atoms with Crippen molar-refractivity contribution in [3.05, 3.63) is 0 Å². The molecule has 0 aromatic rings. The lowest BCUT2D eigenvalue weighted by molar-refractivity contribution is -0.476. The predicted molar refractivity (Wildman–Crippen MR) is 62.1 cm³/mol. The Bertz CT molecular complexity index is 641. The molecule has 1 atom stereocenters. The van der Waals surface area contributed by atoms with Crippen LogP contribution in [-0.4, -0.2) is 67.3 Å². The molecule has 0 radical (unpaired) electrons. The molecule has 0 aromatic heterocycles. The van der Waals surface area contributed by atoms with E-state index in [4.69, 9.17) is 0 Å². The smallest absolute Gasteiger partial charge is 0.384 e. The van der Waals surface area contributed by atoms with Gasteiger partial charge in [-0.3, -0.25) is 0 Å². The topological polar surface area (TPSA) is 9.23 Å². The highest BCUT2D eigenvalue weighted by Crippen LogP contribution is 2.68. The molecule has 0 heterocycles. The second kappa shape index (κ2) is 7.85. The molecule has 0 N–H and O–H groups in total. The monoisotopic (exact) mass is 528 g/mol. The minimum atomic E-state index is -9.14. The van der Waals surface area contributed by atoms with Crippen LogP contribution in [0.25, 0.3) is 0 Å². The fourth-order valence-corrected chi connectivity index (χ4v) is 2.14. The van der Waals surface area contributed by atoms with Crippen molar-refractivity contribution in [3.63, 3.8) is 0 Å². The molecule has 0 bridgehead atoms. The van der Waals surface area contributed by atoms with Crippen molar-refractivity contribution in [2.75, 3.05) is 13.7 Å². The number of ether oxygens (including phenoxy) is 1. The molecule has 0 spiro atoms. The second-order valence-electron chi connectivity index (χ2n) is 5.98. The van der Waals surface area contributed by atoms with E-state index in [2.05, 4.69) is 4.74 Å². The van der Waals surface area contributed by atoms with Crippen molar-refractivity contribution >= 4 is 0 Å². The molecule has 194 valence electrons. The number of alkyl halides is 19. The first kappa shape index (κ1) is 30.6. The van der Waals surface area contributed by atoms with Crippen LogP contribution in [0.2, 0.25) is 0 Å². The average Bonchev–Trinajstić information content (AvgIpc) is 2.54. The van der Waals surface area contributed by atoms with E-state index in [1.165, 1.54) is 0 Å². The maximum Gasteiger partial charge on any atom is 0.438 e. The molecule has 0 aliphatic heterocycles. The Balaban J connectivity index is 7.43. The summed E-state index contributed by atoms with van der Waals surface area (Å²) in [4.78, 5) is 0. The summed E-state index contributed by atoms with van der Waals surface area (Å²) < 4.78 is 252. The minimum absolute atomic E-state index is 0.369. The van der Waals surface area contributed by atoms with Crippen LogP contribution in [0.1, 0.15) is 6.42 Å². The lowest BCUT2D eigenvalue weighted by Crippen LogP contribution is -2.81. The number of hydrogen-bond donors (Lipinski definition) is 0. The summed E-state index contributed by atoms with van der Waals surface area (Å²) in [7, 11) is 0.369. The third-order valence-electron chi connectivity index (χ3n) is 3.94. The van der Waals surface area contributed by atoms with E-state index in [0.717, 1.165) is 0 Å². The van der Waals surface area contributed by atoms with Crippen LogP contribution in [0.3, 0.4) is 0 Å². The van der Waals surface area contributed by atoms with E-state index in [0.29, 0.717) is 7.11 Å². The molecule has 0 amide bonds. The Labute approximate surface area is 163 Å². The molecular formula is C12H7F19O. The zero-order valence-electron chi connectivity index (χ0n) is 14.5. The average molecular weight is 528 g/mol. The zero-order chi connectivity index (χ0) is 26.6. The van der Waals surface area contributed by atoms with Gasteiger partial charge in [0.05, 0.1) is 6.61 Å². The van der Waals surface area contributed by atoms with Gasteiger partial charge in [-0.15, -0.1) is 0 Å². The van der Waals surface area contributed by atoms with Gasteiger partial charge in [0, 0.05) is 13.5 Å². The van der Waals surface area contributed by atoms with Crippen LogP contribution in [0.4, 0.5) is 83.4 Å². The maximum absolute atomic E-state index is 14.1. The quantitative estimate of drug-likeness (QED) is 0.320. The summed E-state index contributed by atoms with van der Waals surface area (Å²) in [5.74, 6) is -33.2. The van der Waals surface area contributed by atoms with E-state index < -0.39 is 66.6 Å². The van der Waals surface area contributed by atoms with Crippen molar-refractivity contribution in [2.45, 2.75) is 60.0 Å². The lowest BCUT2D eigenvalue weighted by atomic mass is 9.76. The summed E-state index contributed by atoms with van der Waals surface area (Å²) in [5, 5.41) is 0. The second-order valence-corrected chi connectivity index (χ2v) is 5.98. The fraction of sp³-hybridized carbons (Fsp3) is 1.00. The standard InChI is InChI=1S/C12H7F19O/c1-32-3-2-4(13,14)7(17,18)5(15,10(23,24)25)8(19,20)9(21,22)6(16,11(26,27)28)12(29,30)31/h2-3H2,1H3. The molecule has 0 aliphatic rings. The highest BCUT2D eigenvalue weighted by atomic mass is 19.4. The fourth-order valence-electron chi connectivity index (χ4n) is 2.14. The number of halogens is 19. The van der Waals surface area contributed by atoms with Crippen molar-refractivity contribution in [3.8, 4) is 0 Å². The number of rotatable bonds is 8. The minimum Gasteiger partial charge on any atom is -0.384 e. The van der Waals surface area contributed by atoms with Gasteiger partial charge in [0.25, 0.3) is 0 Å². The first-order valence-electron chi connectivity index (χ1n) is 7.14. The molecule has 0 fully saturated rings. The van der Waals surface area contributed by atoms with E-state index >= 15 is 0 Å². The summed E-state index contributed by atoms with van der Waals surface area (Å²) >= 11 is 0. The molecule has 20 heteroatoms. The highest BCUT2D eigenvalue weighted by Gasteiger charge is 3.00. The molecule has 1 nitrogen and oxygen atoms in total.